The summed E-state index contributed by atoms with van der Waals surface area (Å²) in [6.45, 7) is 5.72. The Bertz CT molecular complexity index is 609. The van der Waals surface area contributed by atoms with Crippen LogP contribution in [-0.2, 0) is 0 Å². The van der Waals surface area contributed by atoms with Gasteiger partial charge in [0.2, 0.25) is 0 Å². The van der Waals surface area contributed by atoms with E-state index in [-0.39, 0.29) is 0 Å². The van der Waals surface area contributed by atoms with Crippen molar-refractivity contribution in [1.82, 2.24) is 4.98 Å². The molecule has 0 spiro atoms. The third-order valence-corrected chi connectivity index (χ3v) is 2.37. The summed E-state index contributed by atoms with van der Waals surface area (Å²) < 4.78 is 0. The summed E-state index contributed by atoms with van der Waals surface area (Å²) in [5.74, 6) is 0. The van der Waals surface area contributed by atoms with Gasteiger partial charge in [-0.2, -0.15) is 0 Å². The molecule has 0 atom stereocenters. The van der Waals surface area contributed by atoms with Crippen LogP contribution in [0, 0.1) is 0 Å². The molecule has 1 heterocycles. The number of hydrogen-bond acceptors (Lipinski definition) is 1. The largest absolute Gasteiger partial charge is 0.248 e. The molecule has 0 aliphatic heterocycles. The molecule has 0 radical (unpaired) electrons. The van der Waals surface area contributed by atoms with E-state index in [1.807, 2.05) is 31.2 Å². The number of aromatic nitrogens is 1. The van der Waals surface area contributed by atoms with Crippen molar-refractivity contribution in [2.75, 3.05) is 0 Å². The summed E-state index contributed by atoms with van der Waals surface area (Å²) >= 11 is 0. The fraction of sp³-hybridized carbons (Fsp3) is 0.0714. The number of fused-ring (bicyclic) bond motifs is 1. The van der Waals surface area contributed by atoms with E-state index >= 15 is 0 Å². The Morgan fingerprint density at radius 2 is 2.07 bits per heavy atom. The fourth-order valence-electron chi connectivity index (χ4n) is 1.62. The van der Waals surface area contributed by atoms with Crippen molar-refractivity contribution in [3.05, 3.63) is 53.6 Å². The molecule has 0 bridgehead atoms. The summed E-state index contributed by atoms with van der Waals surface area (Å²) in [5.41, 5.74) is 1.02. The predicted molar refractivity (Wildman–Crippen MR) is 65.8 cm³/mol. The van der Waals surface area contributed by atoms with Crippen LogP contribution in [-0.4, -0.2) is 4.98 Å². The van der Waals surface area contributed by atoms with Crippen molar-refractivity contribution in [1.29, 1.82) is 0 Å². The number of rotatable bonds is 1. The first-order valence-corrected chi connectivity index (χ1v) is 5.00. The minimum Gasteiger partial charge on any atom is -0.248 e. The molecule has 1 nitrogen and oxygen atoms in total. The highest BCUT2D eigenvalue weighted by Crippen LogP contribution is 2.05. The average Bonchev–Trinajstić information content (AvgIpc) is 2.28. The van der Waals surface area contributed by atoms with Crippen LogP contribution < -0.4 is 10.6 Å². The van der Waals surface area contributed by atoms with Crippen LogP contribution in [0.5, 0.6) is 0 Å². The maximum atomic E-state index is 4.58. The summed E-state index contributed by atoms with van der Waals surface area (Å²) in [6.07, 6.45) is 5.76. The highest BCUT2D eigenvalue weighted by Gasteiger charge is 1.93. The van der Waals surface area contributed by atoms with Gasteiger partial charge < -0.3 is 0 Å². The van der Waals surface area contributed by atoms with E-state index in [1.54, 1.807) is 6.08 Å². The van der Waals surface area contributed by atoms with E-state index in [1.165, 1.54) is 5.39 Å². The monoisotopic (exact) mass is 195 g/mol. The van der Waals surface area contributed by atoms with Gasteiger partial charge in [0.1, 0.15) is 0 Å². The Balaban J connectivity index is 2.94. The van der Waals surface area contributed by atoms with Gasteiger partial charge in [-0.15, -0.1) is 0 Å². The van der Waals surface area contributed by atoms with Crippen LogP contribution in [0.3, 0.4) is 0 Å². The lowest BCUT2D eigenvalue weighted by molar-refractivity contribution is 1.28. The van der Waals surface area contributed by atoms with Crippen molar-refractivity contribution in [2.24, 2.45) is 0 Å². The second kappa shape index (κ2) is 4.09. The summed E-state index contributed by atoms with van der Waals surface area (Å²) in [7, 11) is 0. The SMILES string of the molecule is C=C/C=c1/nc2ccccc2c/c1=C/C. The molecule has 0 fully saturated rings. The smallest absolute Gasteiger partial charge is 0.0709 e. The van der Waals surface area contributed by atoms with Gasteiger partial charge in [0.25, 0.3) is 0 Å². The van der Waals surface area contributed by atoms with Crippen LogP contribution in [0.25, 0.3) is 23.1 Å². The van der Waals surface area contributed by atoms with Gasteiger partial charge in [0, 0.05) is 5.39 Å². The van der Waals surface area contributed by atoms with Crippen molar-refractivity contribution in [3.8, 4) is 0 Å². The van der Waals surface area contributed by atoms with Crippen LogP contribution >= 0.6 is 0 Å². The van der Waals surface area contributed by atoms with Crippen molar-refractivity contribution < 1.29 is 0 Å². The summed E-state index contributed by atoms with van der Waals surface area (Å²) in [6, 6.07) is 10.3. The van der Waals surface area contributed by atoms with E-state index in [0.29, 0.717) is 0 Å². The average molecular weight is 195 g/mol. The molecule has 1 aromatic carbocycles. The number of para-hydroxylation sites is 1. The molecular formula is C14H13N. The highest BCUT2D eigenvalue weighted by molar-refractivity contribution is 5.78. The first-order chi connectivity index (χ1) is 7.35. The minimum atomic E-state index is 0.978. The van der Waals surface area contributed by atoms with Crippen LogP contribution in [0.15, 0.2) is 43.0 Å². The lowest BCUT2D eigenvalue weighted by Crippen LogP contribution is -2.27. The molecule has 1 aromatic heterocycles. The van der Waals surface area contributed by atoms with E-state index in [4.69, 9.17) is 0 Å². The molecule has 2 aromatic rings. The number of allylic oxidation sites excluding steroid dienone is 1. The molecular weight excluding hydrogens is 182 g/mol. The fourth-order valence-corrected chi connectivity index (χ4v) is 1.62. The highest BCUT2D eigenvalue weighted by atomic mass is 14.7. The molecule has 0 unspecified atom stereocenters. The standard InChI is InChI=1S/C14H13N/c1-3-7-13-11(4-2)10-12-8-5-6-9-14(12)15-13/h3-10H,1H2,2H3/b11-4-,13-7+. The third kappa shape index (κ3) is 1.82. The maximum absolute atomic E-state index is 4.58. The molecule has 0 saturated carbocycles. The maximum Gasteiger partial charge on any atom is 0.0709 e. The summed E-state index contributed by atoms with van der Waals surface area (Å²) in [4.78, 5) is 4.58. The first kappa shape index (κ1) is 9.66. The van der Waals surface area contributed by atoms with Gasteiger partial charge in [-0.05, 0) is 30.4 Å². The lowest BCUT2D eigenvalue weighted by Gasteiger charge is -1.96. The zero-order valence-electron chi connectivity index (χ0n) is 8.77. The van der Waals surface area contributed by atoms with Crippen molar-refractivity contribution >= 4 is 23.1 Å². The predicted octanol–water partition coefficient (Wildman–Crippen LogP) is 2.00. The zero-order valence-corrected chi connectivity index (χ0v) is 8.77. The molecule has 74 valence electrons. The number of pyridine rings is 1. The third-order valence-electron chi connectivity index (χ3n) is 2.37. The molecule has 0 amide bonds. The van der Waals surface area contributed by atoms with Crippen LogP contribution in [0.2, 0.25) is 0 Å². The van der Waals surface area contributed by atoms with Gasteiger partial charge in [-0.25, -0.2) is 4.98 Å². The normalized spacial score (nSPS) is 13.4. The summed E-state index contributed by atoms with van der Waals surface area (Å²) in [5, 5.41) is 3.30. The quantitative estimate of drug-likeness (QED) is 0.678. The van der Waals surface area contributed by atoms with Crippen molar-refractivity contribution in [3.63, 3.8) is 0 Å². The number of nitrogens with zero attached hydrogens (tertiary/aromatic N) is 1. The number of benzene rings is 1. The molecule has 1 heteroatoms. The Morgan fingerprint density at radius 1 is 1.27 bits per heavy atom. The molecule has 15 heavy (non-hydrogen) atoms. The van der Waals surface area contributed by atoms with Gasteiger partial charge in [0.15, 0.2) is 0 Å². The Kier molecular flexibility index (Phi) is 2.64. The van der Waals surface area contributed by atoms with E-state index in [2.05, 4.69) is 29.8 Å². The Hall–Kier alpha value is -1.89. The lowest BCUT2D eigenvalue weighted by atomic mass is 10.2. The van der Waals surface area contributed by atoms with E-state index in [9.17, 15) is 0 Å². The van der Waals surface area contributed by atoms with E-state index in [0.717, 1.165) is 16.1 Å². The second-order valence-corrected chi connectivity index (χ2v) is 3.35. The first-order valence-electron chi connectivity index (χ1n) is 5.00. The molecule has 0 aliphatic carbocycles. The molecule has 0 aliphatic rings. The van der Waals surface area contributed by atoms with Crippen LogP contribution in [0.4, 0.5) is 0 Å². The van der Waals surface area contributed by atoms with E-state index < -0.39 is 0 Å². The molecule has 2 rings (SSSR count). The van der Waals surface area contributed by atoms with Gasteiger partial charge >= 0.3 is 0 Å². The molecule has 0 N–H and O–H groups in total. The minimum absolute atomic E-state index is 0.978. The van der Waals surface area contributed by atoms with Gasteiger partial charge in [0.05, 0.1) is 10.9 Å². The van der Waals surface area contributed by atoms with Crippen molar-refractivity contribution in [2.45, 2.75) is 6.92 Å². The van der Waals surface area contributed by atoms with Gasteiger partial charge in [-0.1, -0.05) is 36.9 Å². The number of hydrogen-bond donors (Lipinski definition) is 0. The topological polar surface area (TPSA) is 12.9 Å². The second-order valence-electron chi connectivity index (χ2n) is 3.35. The zero-order chi connectivity index (χ0) is 10.7. The Labute approximate surface area is 89.1 Å². The Morgan fingerprint density at radius 3 is 2.80 bits per heavy atom. The van der Waals surface area contributed by atoms with Crippen LogP contribution in [0.1, 0.15) is 6.92 Å². The molecule has 0 saturated heterocycles. The van der Waals surface area contributed by atoms with Gasteiger partial charge in [-0.3, -0.25) is 0 Å².